The first kappa shape index (κ1) is 22.5. The topological polar surface area (TPSA) is 91.2 Å². The van der Waals surface area contributed by atoms with Gasteiger partial charge in [0, 0.05) is 55.4 Å². The molecule has 0 aromatic carbocycles. The summed E-state index contributed by atoms with van der Waals surface area (Å²) < 4.78 is 28.5. The number of aliphatic hydroxyl groups is 1. The molecule has 2 aliphatic rings. The number of carbonyl (C=O) groups is 1. The van der Waals surface area contributed by atoms with Crippen LogP contribution in [0.3, 0.4) is 0 Å². The van der Waals surface area contributed by atoms with Gasteiger partial charge in [0.25, 0.3) is 0 Å². The van der Waals surface area contributed by atoms with Gasteiger partial charge in [-0.1, -0.05) is 6.92 Å². The molecule has 2 N–H and O–H groups in total. The Bertz CT molecular complexity index is 1050. The van der Waals surface area contributed by atoms with E-state index in [1.54, 1.807) is 25.3 Å². The minimum atomic E-state index is -3.20. The van der Waals surface area contributed by atoms with Crippen LogP contribution in [0.5, 0.6) is 0 Å². The molecule has 0 radical (unpaired) electrons. The largest absolute Gasteiger partial charge is 0.390 e. The molecule has 0 bridgehead atoms. The second kappa shape index (κ2) is 7.72. The van der Waals surface area contributed by atoms with Crippen LogP contribution in [0.15, 0.2) is 18.3 Å². The third kappa shape index (κ3) is 4.44. The minimum absolute atomic E-state index is 0.0526. The Hall–Kier alpha value is -2.68. The molecule has 9 heteroatoms. The van der Waals surface area contributed by atoms with Gasteiger partial charge in [-0.25, -0.2) is 15.0 Å². The van der Waals surface area contributed by atoms with Crippen molar-refractivity contribution in [2.24, 2.45) is 0 Å². The molecule has 4 rings (SSSR count). The number of rotatable bonds is 7. The van der Waals surface area contributed by atoms with Crippen LogP contribution >= 0.6 is 0 Å². The highest BCUT2D eigenvalue weighted by atomic mass is 19.3. The van der Waals surface area contributed by atoms with E-state index in [0.29, 0.717) is 43.1 Å². The Kier molecular flexibility index (Phi) is 5.43. The average Bonchev–Trinajstić information content (AvgIpc) is 3.42. The average molecular weight is 446 g/mol. The van der Waals surface area contributed by atoms with E-state index in [2.05, 4.69) is 20.3 Å². The second-order valence-electron chi connectivity index (χ2n) is 9.41. The molecular formula is C23H29F2N5O2. The van der Waals surface area contributed by atoms with Gasteiger partial charge in [-0.2, -0.15) is 8.78 Å². The summed E-state index contributed by atoms with van der Waals surface area (Å²) in [7, 11) is 0. The lowest BCUT2D eigenvalue weighted by molar-refractivity contribution is -0.114. The summed E-state index contributed by atoms with van der Waals surface area (Å²) >= 11 is 0. The molecule has 1 saturated carbocycles. The van der Waals surface area contributed by atoms with Crippen LogP contribution in [-0.2, 0) is 22.6 Å². The van der Waals surface area contributed by atoms with Gasteiger partial charge in [0.05, 0.1) is 11.3 Å². The molecule has 1 atom stereocenters. The first-order chi connectivity index (χ1) is 14.9. The van der Waals surface area contributed by atoms with Crippen molar-refractivity contribution in [1.29, 1.82) is 0 Å². The number of nitrogens with zero attached hydrogens (tertiary/aromatic N) is 4. The maximum Gasteiger partial charge on any atom is 0.303 e. The Morgan fingerprint density at radius 2 is 2.00 bits per heavy atom. The van der Waals surface area contributed by atoms with E-state index in [-0.39, 0.29) is 11.3 Å². The van der Waals surface area contributed by atoms with Gasteiger partial charge in [-0.15, -0.1) is 0 Å². The molecule has 1 aliphatic carbocycles. The highest BCUT2D eigenvalue weighted by Gasteiger charge is 2.52. The van der Waals surface area contributed by atoms with Crippen molar-refractivity contribution in [2.75, 3.05) is 16.8 Å². The van der Waals surface area contributed by atoms with Gasteiger partial charge in [0.1, 0.15) is 11.6 Å². The number of alkyl halides is 2. The van der Waals surface area contributed by atoms with Gasteiger partial charge < -0.3 is 15.3 Å². The molecule has 0 saturated heterocycles. The molecule has 32 heavy (non-hydrogen) atoms. The number of aromatic nitrogens is 3. The molecule has 1 aliphatic heterocycles. The van der Waals surface area contributed by atoms with Crippen molar-refractivity contribution in [3.63, 3.8) is 0 Å². The summed E-state index contributed by atoms with van der Waals surface area (Å²) in [5.41, 5.74) is 1.39. The van der Waals surface area contributed by atoms with E-state index in [9.17, 15) is 18.7 Å². The number of aryl methyl sites for hydroxylation is 1. The van der Waals surface area contributed by atoms with Gasteiger partial charge in [0.15, 0.2) is 0 Å². The van der Waals surface area contributed by atoms with E-state index in [1.165, 1.54) is 6.92 Å². The standard InChI is InChI=1S/C23H29F2N5O2/c1-5-21(3,32)7-6-15-10-19(29-20(28-15)22(4,24)25)30-13-23(8-9-23)16-12-26-18(11-17(16)30)27-14(2)31/h10-12,32H,5-9,13H2,1-4H3,(H,26,27,31). The highest BCUT2D eigenvalue weighted by molar-refractivity contribution is 5.89. The van der Waals surface area contributed by atoms with Gasteiger partial charge >= 0.3 is 5.92 Å². The number of nitrogens with one attached hydrogen (secondary N) is 1. The van der Waals surface area contributed by atoms with Crippen LogP contribution in [-0.4, -0.2) is 38.1 Å². The van der Waals surface area contributed by atoms with Crippen molar-refractivity contribution in [3.8, 4) is 0 Å². The van der Waals surface area contributed by atoms with Crippen LogP contribution in [0, 0.1) is 0 Å². The maximum atomic E-state index is 14.3. The van der Waals surface area contributed by atoms with E-state index in [1.807, 2.05) is 11.8 Å². The van der Waals surface area contributed by atoms with E-state index >= 15 is 0 Å². The lowest BCUT2D eigenvalue weighted by atomic mass is 9.96. The summed E-state index contributed by atoms with van der Waals surface area (Å²) in [6, 6.07) is 3.50. The zero-order valence-corrected chi connectivity index (χ0v) is 18.9. The van der Waals surface area contributed by atoms with Crippen molar-refractivity contribution in [1.82, 2.24) is 15.0 Å². The zero-order chi connectivity index (χ0) is 23.3. The fraction of sp³-hybridized carbons (Fsp3) is 0.565. The Balaban J connectivity index is 1.74. The van der Waals surface area contributed by atoms with Crippen LogP contribution < -0.4 is 10.2 Å². The summed E-state index contributed by atoms with van der Waals surface area (Å²) in [5.74, 6) is -3.16. The lowest BCUT2D eigenvalue weighted by Gasteiger charge is -2.23. The summed E-state index contributed by atoms with van der Waals surface area (Å²) in [4.78, 5) is 26.1. The van der Waals surface area contributed by atoms with Crippen molar-refractivity contribution >= 4 is 23.2 Å². The number of hydrogen-bond donors (Lipinski definition) is 2. The Labute approximate surface area is 186 Å². The SMILES string of the molecule is CCC(C)(O)CCc1cc(N2CC3(CC3)c3cnc(NC(C)=O)cc32)nc(C(C)(F)F)n1. The van der Waals surface area contributed by atoms with E-state index < -0.39 is 17.3 Å². The van der Waals surface area contributed by atoms with Crippen molar-refractivity contribution in [2.45, 2.75) is 76.7 Å². The smallest absolute Gasteiger partial charge is 0.303 e. The van der Waals surface area contributed by atoms with Crippen LogP contribution in [0.4, 0.5) is 26.1 Å². The van der Waals surface area contributed by atoms with Crippen LogP contribution in [0.1, 0.15) is 70.5 Å². The summed E-state index contributed by atoms with van der Waals surface area (Å²) in [5, 5.41) is 13.0. The Morgan fingerprint density at radius 1 is 1.28 bits per heavy atom. The van der Waals surface area contributed by atoms with Crippen molar-refractivity contribution in [3.05, 3.63) is 35.4 Å². The molecule has 1 unspecified atom stereocenters. The number of fused-ring (bicyclic) bond motifs is 2. The number of pyridine rings is 1. The Morgan fingerprint density at radius 3 is 2.59 bits per heavy atom. The van der Waals surface area contributed by atoms with Crippen LogP contribution in [0.2, 0.25) is 0 Å². The fourth-order valence-corrected chi connectivity index (χ4v) is 4.10. The molecule has 1 amide bonds. The van der Waals surface area contributed by atoms with E-state index in [0.717, 1.165) is 31.0 Å². The third-order valence-corrected chi connectivity index (χ3v) is 6.48. The zero-order valence-electron chi connectivity index (χ0n) is 18.9. The predicted octanol–water partition coefficient (Wildman–Crippen LogP) is 4.22. The number of anilines is 3. The van der Waals surface area contributed by atoms with Gasteiger partial charge in [-0.05, 0) is 39.0 Å². The number of hydrogen-bond acceptors (Lipinski definition) is 6. The first-order valence-electron chi connectivity index (χ1n) is 11.0. The molecule has 1 spiro atoms. The van der Waals surface area contributed by atoms with E-state index in [4.69, 9.17) is 0 Å². The normalized spacial score (nSPS) is 18.4. The lowest BCUT2D eigenvalue weighted by Crippen LogP contribution is -2.25. The highest BCUT2D eigenvalue weighted by Crippen LogP contribution is 2.58. The first-order valence-corrected chi connectivity index (χ1v) is 11.0. The molecule has 2 aromatic heterocycles. The molecule has 172 valence electrons. The van der Waals surface area contributed by atoms with Gasteiger partial charge in [-0.3, -0.25) is 4.79 Å². The predicted molar refractivity (Wildman–Crippen MR) is 117 cm³/mol. The molecule has 2 aromatic rings. The molecular weight excluding hydrogens is 416 g/mol. The fourth-order valence-electron chi connectivity index (χ4n) is 4.10. The number of carbonyl (C=O) groups excluding carboxylic acids is 1. The van der Waals surface area contributed by atoms with Crippen molar-refractivity contribution < 1.29 is 18.7 Å². The maximum absolute atomic E-state index is 14.3. The summed E-state index contributed by atoms with van der Waals surface area (Å²) in [6.07, 6.45) is 5.08. The molecule has 7 nitrogen and oxygen atoms in total. The molecule has 1 fully saturated rings. The molecule has 3 heterocycles. The second-order valence-corrected chi connectivity index (χ2v) is 9.41. The minimum Gasteiger partial charge on any atom is -0.390 e. The number of halogens is 2. The number of amides is 1. The van der Waals surface area contributed by atoms with Crippen LogP contribution in [0.25, 0.3) is 0 Å². The monoisotopic (exact) mass is 445 g/mol. The quantitative estimate of drug-likeness (QED) is 0.663. The third-order valence-electron chi connectivity index (χ3n) is 6.48. The van der Waals surface area contributed by atoms with Gasteiger partial charge in [0.2, 0.25) is 11.7 Å². The summed E-state index contributed by atoms with van der Waals surface area (Å²) in [6.45, 7) is 6.43.